The Morgan fingerprint density at radius 3 is 2.52 bits per heavy atom. The number of benzene rings is 1. The topological polar surface area (TPSA) is 80.9 Å². The maximum Gasteiger partial charge on any atom is 0.358 e. The summed E-state index contributed by atoms with van der Waals surface area (Å²) in [6.07, 6.45) is 3.21. The van der Waals surface area contributed by atoms with Gasteiger partial charge in [-0.3, -0.25) is 4.98 Å². The van der Waals surface area contributed by atoms with E-state index in [1.165, 1.54) is 0 Å². The zero-order valence-corrected chi connectivity index (χ0v) is 11.3. The Balaban J connectivity index is 2.28. The summed E-state index contributed by atoms with van der Waals surface area (Å²) in [5, 5.41) is 17.1. The van der Waals surface area contributed by atoms with Gasteiger partial charge in [-0.15, -0.1) is 5.10 Å². The molecule has 104 valence electrons. The lowest BCUT2D eigenvalue weighted by atomic mass is 10.1. The Morgan fingerprint density at radius 1 is 1.14 bits per heavy atom. The quantitative estimate of drug-likeness (QED) is 0.796. The van der Waals surface area contributed by atoms with Crippen LogP contribution < -0.4 is 0 Å². The minimum atomic E-state index is -1.11. The zero-order chi connectivity index (χ0) is 14.8. The van der Waals surface area contributed by atoms with Crippen molar-refractivity contribution in [2.45, 2.75) is 6.92 Å². The highest BCUT2D eigenvalue weighted by molar-refractivity contribution is 5.93. The molecule has 0 aliphatic rings. The number of hydrogen-bond acceptors (Lipinski definition) is 4. The highest BCUT2D eigenvalue weighted by atomic mass is 16.4. The number of hydrogen-bond donors (Lipinski definition) is 1. The van der Waals surface area contributed by atoms with Crippen LogP contribution in [0.2, 0.25) is 0 Å². The largest absolute Gasteiger partial charge is 0.476 e. The maximum absolute atomic E-state index is 11.4. The van der Waals surface area contributed by atoms with Gasteiger partial charge in [0.15, 0.2) is 5.69 Å². The molecule has 0 saturated heterocycles. The highest BCUT2D eigenvalue weighted by Crippen LogP contribution is 2.26. The molecule has 0 unspecified atom stereocenters. The van der Waals surface area contributed by atoms with Crippen molar-refractivity contribution in [3.05, 3.63) is 60.0 Å². The summed E-state index contributed by atoms with van der Waals surface area (Å²) >= 11 is 0. The zero-order valence-electron chi connectivity index (χ0n) is 11.3. The average molecular weight is 280 g/mol. The van der Waals surface area contributed by atoms with Crippen molar-refractivity contribution >= 4 is 5.97 Å². The van der Waals surface area contributed by atoms with E-state index in [0.717, 1.165) is 11.3 Å². The molecular weight excluding hydrogens is 268 g/mol. The molecule has 0 spiro atoms. The summed E-state index contributed by atoms with van der Waals surface area (Å²) in [4.78, 5) is 15.3. The predicted molar refractivity (Wildman–Crippen MR) is 76.3 cm³/mol. The lowest BCUT2D eigenvalue weighted by Crippen LogP contribution is -2.04. The molecular formula is C15H12N4O2. The molecule has 21 heavy (non-hydrogen) atoms. The van der Waals surface area contributed by atoms with Crippen LogP contribution in [-0.4, -0.2) is 31.1 Å². The van der Waals surface area contributed by atoms with Crippen molar-refractivity contribution in [1.82, 2.24) is 20.0 Å². The number of carboxylic acids is 1. The monoisotopic (exact) mass is 280 g/mol. The molecule has 0 fully saturated rings. The van der Waals surface area contributed by atoms with Gasteiger partial charge < -0.3 is 5.11 Å². The first-order valence-electron chi connectivity index (χ1n) is 6.34. The Hall–Kier alpha value is -3.02. The predicted octanol–water partition coefficient (Wildman–Crippen LogP) is 2.34. The fourth-order valence-electron chi connectivity index (χ4n) is 2.16. The van der Waals surface area contributed by atoms with Crippen LogP contribution in [0.15, 0.2) is 48.8 Å². The molecule has 0 radical (unpaired) electrons. The van der Waals surface area contributed by atoms with Crippen LogP contribution in [0, 0.1) is 6.92 Å². The first-order valence-corrected chi connectivity index (χ1v) is 6.34. The summed E-state index contributed by atoms with van der Waals surface area (Å²) in [5.41, 5.74) is 2.85. The Morgan fingerprint density at radius 2 is 1.86 bits per heavy atom. The van der Waals surface area contributed by atoms with E-state index in [-0.39, 0.29) is 5.69 Å². The molecule has 1 aromatic carbocycles. The van der Waals surface area contributed by atoms with E-state index in [4.69, 9.17) is 0 Å². The summed E-state index contributed by atoms with van der Waals surface area (Å²) in [6.45, 7) is 1.94. The lowest BCUT2D eigenvalue weighted by Gasteiger charge is -2.09. The van der Waals surface area contributed by atoms with Gasteiger partial charge in [-0.25, -0.2) is 9.48 Å². The standard InChI is InChI=1S/C15H12N4O2/c1-10-4-2-3-5-12(10)19-14(11-6-8-16-9-7-11)13(15(20)21)17-18-19/h2-9H,1H3,(H,20,21). The first kappa shape index (κ1) is 13.0. The summed E-state index contributed by atoms with van der Waals surface area (Å²) < 4.78 is 1.55. The van der Waals surface area contributed by atoms with E-state index < -0.39 is 5.97 Å². The summed E-state index contributed by atoms with van der Waals surface area (Å²) in [7, 11) is 0. The number of aromatic carboxylic acids is 1. The van der Waals surface area contributed by atoms with Gasteiger partial charge in [-0.2, -0.15) is 0 Å². The minimum absolute atomic E-state index is 0.0792. The SMILES string of the molecule is Cc1ccccc1-n1nnc(C(=O)O)c1-c1ccncc1. The van der Waals surface area contributed by atoms with Crippen molar-refractivity contribution in [2.75, 3.05) is 0 Å². The van der Waals surface area contributed by atoms with Crippen LogP contribution in [0.1, 0.15) is 16.1 Å². The summed E-state index contributed by atoms with van der Waals surface area (Å²) in [5.74, 6) is -1.11. The Kier molecular flexibility index (Phi) is 3.19. The van der Waals surface area contributed by atoms with E-state index in [0.29, 0.717) is 11.3 Å². The van der Waals surface area contributed by atoms with Gasteiger partial charge in [0.25, 0.3) is 0 Å². The van der Waals surface area contributed by atoms with Crippen molar-refractivity contribution in [3.63, 3.8) is 0 Å². The fourth-order valence-corrected chi connectivity index (χ4v) is 2.16. The molecule has 0 amide bonds. The molecule has 0 atom stereocenters. The van der Waals surface area contributed by atoms with Gasteiger partial charge in [0.05, 0.1) is 5.69 Å². The number of rotatable bonds is 3. The average Bonchev–Trinajstić information content (AvgIpc) is 2.93. The third kappa shape index (κ3) is 2.27. The Labute approximate surface area is 120 Å². The van der Waals surface area contributed by atoms with E-state index >= 15 is 0 Å². The smallest absolute Gasteiger partial charge is 0.358 e. The number of para-hydroxylation sites is 1. The minimum Gasteiger partial charge on any atom is -0.476 e. The van der Waals surface area contributed by atoms with Crippen molar-refractivity contribution in [1.29, 1.82) is 0 Å². The fraction of sp³-hybridized carbons (Fsp3) is 0.0667. The molecule has 0 aliphatic carbocycles. The highest BCUT2D eigenvalue weighted by Gasteiger charge is 2.21. The number of carboxylic acid groups (broad SMARTS) is 1. The van der Waals surface area contributed by atoms with Crippen LogP contribution in [0.5, 0.6) is 0 Å². The van der Waals surface area contributed by atoms with Gasteiger partial charge in [0.2, 0.25) is 0 Å². The van der Waals surface area contributed by atoms with Gasteiger partial charge >= 0.3 is 5.97 Å². The van der Waals surface area contributed by atoms with Gasteiger partial charge in [0, 0.05) is 18.0 Å². The van der Waals surface area contributed by atoms with E-state index in [1.54, 1.807) is 29.2 Å². The molecule has 3 aromatic rings. The molecule has 0 bridgehead atoms. The normalized spacial score (nSPS) is 10.5. The van der Waals surface area contributed by atoms with E-state index in [1.807, 2.05) is 31.2 Å². The molecule has 1 N–H and O–H groups in total. The molecule has 2 heterocycles. The maximum atomic E-state index is 11.4. The second kappa shape index (κ2) is 5.16. The number of aromatic nitrogens is 4. The molecule has 0 saturated carbocycles. The number of nitrogens with zero attached hydrogens (tertiary/aromatic N) is 4. The van der Waals surface area contributed by atoms with Gasteiger partial charge in [-0.1, -0.05) is 23.4 Å². The second-order valence-electron chi connectivity index (χ2n) is 4.53. The van der Waals surface area contributed by atoms with Crippen LogP contribution in [-0.2, 0) is 0 Å². The van der Waals surface area contributed by atoms with Crippen LogP contribution >= 0.6 is 0 Å². The van der Waals surface area contributed by atoms with Gasteiger partial charge in [-0.05, 0) is 30.7 Å². The number of carbonyl (C=O) groups is 1. The summed E-state index contributed by atoms with van der Waals surface area (Å²) in [6, 6.07) is 11.1. The Bertz CT molecular complexity index is 796. The number of pyridine rings is 1. The lowest BCUT2D eigenvalue weighted by molar-refractivity contribution is 0.0691. The van der Waals surface area contributed by atoms with Crippen LogP contribution in [0.25, 0.3) is 16.9 Å². The molecule has 2 aromatic heterocycles. The molecule has 3 rings (SSSR count). The van der Waals surface area contributed by atoms with Crippen molar-refractivity contribution in [3.8, 4) is 16.9 Å². The van der Waals surface area contributed by atoms with Crippen molar-refractivity contribution < 1.29 is 9.90 Å². The third-order valence-electron chi connectivity index (χ3n) is 3.17. The second-order valence-corrected chi connectivity index (χ2v) is 4.53. The third-order valence-corrected chi connectivity index (χ3v) is 3.17. The van der Waals surface area contributed by atoms with E-state index in [9.17, 15) is 9.90 Å². The van der Waals surface area contributed by atoms with Crippen LogP contribution in [0.4, 0.5) is 0 Å². The molecule has 6 heteroatoms. The molecule has 0 aliphatic heterocycles. The molecule has 6 nitrogen and oxygen atoms in total. The number of aryl methyl sites for hydroxylation is 1. The van der Waals surface area contributed by atoms with E-state index in [2.05, 4.69) is 15.3 Å². The first-order chi connectivity index (χ1) is 10.2. The van der Waals surface area contributed by atoms with Gasteiger partial charge in [0.1, 0.15) is 5.69 Å². The van der Waals surface area contributed by atoms with Crippen molar-refractivity contribution in [2.24, 2.45) is 0 Å². The van der Waals surface area contributed by atoms with Crippen LogP contribution in [0.3, 0.4) is 0 Å².